The number of benzene rings is 1. The largest absolute Gasteiger partial charge is 0.497 e. The van der Waals surface area contributed by atoms with Crippen LogP contribution in [-0.4, -0.2) is 47.4 Å². The maximum Gasteiger partial charge on any atom is 0.253 e. The summed E-state index contributed by atoms with van der Waals surface area (Å²) in [7, 11) is 3.31. The lowest BCUT2D eigenvalue weighted by Gasteiger charge is -2.23. The van der Waals surface area contributed by atoms with Crippen molar-refractivity contribution < 1.29 is 9.84 Å². The summed E-state index contributed by atoms with van der Waals surface area (Å²) in [6.45, 7) is 0.638. The number of hydrogen-bond acceptors (Lipinski definition) is 4. The fourth-order valence-electron chi connectivity index (χ4n) is 2.21. The van der Waals surface area contributed by atoms with E-state index in [0.29, 0.717) is 23.8 Å². The molecule has 1 heterocycles. The van der Waals surface area contributed by atoms with Gasteiger partial charge in [0, 0.05) is 30.1 Å². The molecular weight excluding hydrogens is 302 g/mol. The maximum absolute atomic E-state index is 12.2. The van der Waals surface area contributed by atoms with Gasteiger partial charge in [0.25, 0.3) is 5.56 Å². The molecule has 2 rings (SSSR count). The van der Waals surface area contributed by atoms with E-state index in [4.69, 9.17) is 22.1 Å². The molecule has 0 spiro atoms. The maximum atomic E-state index is 12.2. The lowest BCUT2D eigenvalue weighted by molar-refractivity contribution is 0.245. The molecule has 0 aliphatic rings. The van der Waals surface area contributed by atoms with E-state index in [-0.39, 0.29) is 12.2 Å². The van der Waals surface area contributed by atoms with Crippen LogP contribution in [0, 0.1) is 0 Å². The van der Waals surface area contributed by atoms with Gasteiger partial charge < -0.3 is 25.0 Å². The van der Waals surface area contributed by atoms with E-state index in [2.05, 4.69) is 10.3 Å². The summed E-state index contributed by atoms with van der Waals surface area (Å²) in [4.78, 5) is 16.8. The molecule has 0 saturated carbocycles. The van der Waals surface area contributed by atoms with Crippen molar-refractivity contribution >= 4 is 28.2 Å². The first-order chi connectivity index (χ1) is 10.6. The van der Waals surface area contributed by atoms with E-state index >= 15 is 0 Å². The van der Waals surface area contributed by atoms with Crippen LogP contribution in [0.2, 0.25) is 0 Å². The van der Waals surface area contributed by atoms with Gasteiger partial charge in [0.2, 0.25) is 0 Å². The highest BCUT2D eigenvalue weighted by atomic mass is 32.1. The first-order valence-corrected chi connectivity index (χ1v) is 7.27. The highest BCUT2D eigenvalue weighted by Gasteiger charge is 2.12. The molecule has 0 amide bonds. The molecule has 0 bridgehead atoms. The molecule has 0 aliphatic heterocycles. The van der Waals surface area contributed by atoms with Crippen molar-refractivity contribution in [2.75, 3.05) is 27.3 Å². The van der Waals surface area contributed by atoms with Crippen LogP contribution >= 0.6 is 12.2 Å². The van der Waals surface area contributed by atoms with Gasteiger partial charge in [-0.1, -0.05) is 0 Å². The van der Waals surface area contributed by atoms with Crippen LogP contribution in [0.25, 0.3) is 10.9 Å². The zero-order valence-corrected chi connectivity index (χ0v) is 13.4. The van der Waals surface area contributed by atoms with Crippen molar-refractivity contribution in [2.24, 2.45) is 0 Å². The Bertz CT molecular complexity index is 730. The molecule has 1 aromatic heterocycles. The summed E-state index contributed by atoms with van der Waals surface area (Å²) in [6.07, 6.45) is 0. The quantitative estimate of drug-likeness (QED) is 0.708. The molecule has 0 aliphatic carbocycles. The Labute approximate surface area is 133 Å². The second-order valence-electron chi connectivity index (χ2n) is 4.78. The minimum absolute atomic E-state index is 0.0405. The normalized spacial score (nSPS) is 10.5. The number of pyridine rings is 1. The van der Waals surface area contributed by atoms with Gasteiger partial charge in [-0.05, 0) is 36.5 Å². The van der Waals surface area contributed by atoms with Crippen LogP contribution in [0.15, 0.2) is 29.1 Å². The van der Waals surface area contributed by atoms with Crippen LogP contribution in [0.1, 0.15) is 5.56 Å². The number of ether oxygens (including phenoxy) is 1. The van der Waals surface area contributed by atoms with E-state index in [1.807, 2.05) is 18.2 Å². The number of nitrogens with zero attached hydrogens (tertiary/aromatic N) is 1. The molecule has 3 N–H and O–H groups in total. The van der Waals surface area contributed by atoms with E-state index in [1.54, 1.807) is 25.1 Å². The van der Waals surface area contributed by atoms with Gasteiger partial charge in [0.15, 0.2) is 5.11 Å². The Morgan fingerprint density at radius 2 is 2.23 bits per heavy atom. The monoisotopic (exact) mass is 321 g/mol. The van der Waals surface area contributed by atoms with Crippen LogP contribution in [0.5, 0.6) is 5.75 Å². The molecule has 0 unspecified atom stereocenters. The third-order valence-electron chi connectivity index (χ3n) is 3.36. The molecular formula is C15H19N3O3S. The number of aromatic amines is 1. The molecule has 7 heteroatoms. The molecule has 118 valence electrons. The topological polar surface area (TPSA) is 77.6 Å². The van der Waals surface area contributed by atoms with Crippen molar-refractivity contribution in [3.63, 3.8) is 0 Å². The summed E-state index contributed by atoms with van der Waals surface area (Å²) in [5, 5.41) is 13.4. The molecule has 22 heavy (non-hydrogen) atoms. The number of hydrogen-bond donors (Lipinski definition) is 3. The predicted octanol–water partition coefficient (Wildman–Crippen LogP) is 0.835. The zero-order chi connectivity index (χ0) is 16.1. The van der Waals surface area contributed by atoms with Gasteiger partial charge in [0.1, 0.15) is 5.75 Å². The Kier molecular flexibility index (Phi) is 5.35. The van der Waals surface area contributed by atoms with E-state index in [1.165, 1.54) is 0 Å². The van der Waals surface area contributed by atoms with Gasteiger partial charge in [-0.2, -0.15) is 0 Å². The number of rotatable bonds is 5. The first-order valence-electron chi connectivity index (χ1n) is 6.86. The number of thiocarbonyl (C=S) groups is 1. The summed E-state index contributed by atoms with van der Waals surface area (Å²) < 4.78 is 5.20. The number of methoxy groups -OCH3 is 1. The number of H-pyrrole nitrogens is 1. The summed E-state index contributed by atoms with van der Waals surface area (Å²) in [5.74, 6) is 0.725. The van der Waals surface area contributed by atoms with Gasteiger partial charge in [-0.25, -0.2) is 0 Å². The van der Waals surface area contributed by atoms with Crippen LogP contribution in [0.4, 0.5) is 0 Å². The minimum atomic E-state index is -0.167. The number of aliphatic hydroxyl groups excluding tert-OH is 1. The average Bonchev–Trinajstić information content (AvgIpc) is 2.53. The number of aromatic nitrogens is 1. The van der Waals surface area contributed by atoms with Gasteiger partial charge in [-0.15, -0.1) is 0 Å². The lowest BCUT2D eigenvalue weighted by Crippen LogP contribution is -2.40. The fourth-order valence-corrected chi connectivity index (χ4v) is 2.37. The molecule has 0 radical (unpaired) electrons. The lowest BCUT2D eigenvalue weighted by atomic mass is 10.1. The van der Waals surface area contributed by atoms with Gasteiger partial charge >= 0.3 is 0 Å². The molecule has 2 aromatic rings. The molecule has 6 nitrogen and oxygen atoms in total. The summed E-state index contributed by atoms with van der Waals surface area (Å²) in [5.41, 5.74) is 1.16. The highest BCUT2D eigenvalue weighted by molar-refractivity contribution is 7.80. The first kappa shape index (κ1) is 16.3. The third kappa shape index (κ3) is 3.55. The molecule has 0 saturated heterocycles. The van der Waals surface area contributed by atoms with E-state index < -0.39 is 0 Å². The molecule has 0 fully saturated rings. The van der Waals surface area contributed by atoms with Crippen molar-refractivity contribution in [1.82, 2.24) is 15.2 Å². The van der Waals surface area contributed by atoms with Crippen molar-refractivity contribution in [3.05, 3.63) is 40.2 Å². The SMILES string of the molecule is CNC(=S)N(CCO)Cc1cc2cc(OC)ccc2[nH]c1=O. The van der Waals surface area contributed by atoms with E-state index in [9.17, 15) is 4.79 Å². The highest BCUT2D eigenvalue weighted by Crippen LogP contribution is 2.19. The summed E-state index contributed by atoms with van der Waals surface area (Å²) >= 11 is 5.19. The Morgan fingerprint density at radius 3 is 2.86 bits per heavy atom. The predicted molar refractivity (Wildman–Crippen MR) is 90.3 cm³/mol. The standard InChI is InChI=1S/C15H19N3O3S/c1-16-15(22)18(5-6-19)9-11-7-10-8-12(21-2)3-4-13(10)17-14(11)20/h3-4,7-8,19H,5-6,9H2,1-2H3,(H,16,22)(H,17,20). The Balaban J connectivity index is 2.38. The van der Waals surface area contributed by atoms with Crippen LogP contribution in [-0.2, 0) is 6.54 Å². The van der Waals surface area contributed by atoms with Crippen molar-refractivity contribution in [3.8, 4) is 5.75 Å². The van der Waals surface area contributed by atoms with Gasteiger partial charge in [0.05, 0.1) is 20.3 Å². The number of nitrogens with one attached hydrogen (secondary N) is 2. The second-order valence-corrected chi connectivity index (χ2v) is 5.16. The molecule has 0 atom stereocenters. The third-order valence-corrected chi connectivity index (χ3v) is 3.82. The van der Waals surface area contributed by atoms with Crippen molar-refractivity contribution in [1.29, 1.82) is 0 Å². The summed E-state index contributed by atoms with van der Waals surface area (Å²) in [6, 6.07) is 7.29. The zero-order valence-electron chi connectivity index (χ0n) is 12.5. The van der Waals surface area contributed by atoms with E-state index in [0.717, 1.165) is 16.7 Å². The Hall–Kier alpha value is -2.12. The fraction of sp³-hybridized carbons (Fsp3) is 0.333. The smallest absolute Gasteiger partial charge is 0.253 e. The Morgan fingerprint density at radius 1 is 1.45 bits per heavy atom. The van der Waals surface area contributed by atoms with Crippen molar-refractivity contribution in [2.45, 2.75) is 6.54 Å². The van der Waals surface area contributed by atoms with Crippen LogP contribution < -0.4 is 15.6 Å². The molecule has 1 aromatic carbocycles. The average molecular weight is 321 g/mol. The minimum Gasteiger partial charge on any atom is -0.497 e. The number of fused-ring (bicyclic) bond motifs is 1. The number of aliphatic hydroxyl groups is 1. The second kappa shape index (κ2) is 7.24. The van der Waals surface area contributed by atoms with Crippen LogP contribution in [0.3, 0.4) is 0 Å². The van der Waals surface area contributed by atoms with Gasteiger partial charge in [-0.3, -0.25) is 4.79 Å².